The molecule has 1 amide bonds. The maximum atomic E-state index is 13.0. The van der Waals surface area contributed by atoms with Crippen molar-refractivity contribution in [2.75, 3.05) is 42.9 Å². The molecule has 3 aromatic rings. The number of likely N-dealkylation sites (N-methyl/N-ethyl adjacent to an activating group) is 1. The topological polar surface area (TPSA) is 68.6 Å². The third kappa shape index (κ3) is 5.51. The third-order valence-electron chi connectivity index (χ3n) is 5.94. The summed E-state index contributed by atoms with van der Waals surface area (Å²) in [6, 6.07) is 24.6. The number of para-hydroxylation sites is 2. The number of nitrogens with one attached hydrogen (secondary N) is 1. The van der Waals surface area contributed by atoms with Crippen LogP contribution in [-0.2, 0) is 6.61 Å². The molecule has 0 aromatic heterocycles. The standard InChI is InChI=1S/C27H28N4O2/c1-2-30-14-16-31(17-15-30)26-13-6-5-12-25(26)29-27(32)21-10-7-11-24(18-21)33-20-23-9-4-3-8-22(23)19-28/h3-13,18H,2,14-17,20H2,1H3,(H,29,32). The molecular weight excluding hydrogens is 412 g/mol. The maximum absolute atomic E-state index is 13.0. The summed E-state index contributed by atoms with van der Waals surface area (Å²) in [6.45, 7) is 7.43. The number of hydrogen-bond donors (Lipinski definition) is 1. The summed E-state index contributed by atoms with van der Waals surface area (Å²) in [6.07, 6.45) is 0. The van der Waals surface area contributed by atoms with Crippen molar-refractivity contribution in [3.63, 3.8) is 0 Å². The van der Waals surface area contributed by atoms with Crippen LogP contribution in [0, 0.1) is 11.3 Å². The fraction of sp³-hybridized carbons (Fsp3) is 0.259. The van der Waals surface area contributed by atoms with E-state index in [0.29, 0.717) is 16.9 Å². The van der Waals surface area contributed by atoms with Crippen molar-refractivity contribution in [3.05, 3.63) is 89.5 Å². The van der Waals surface area contributed by atoms with E-state index >= 15 is 0 Å². The fourth-order valence-corrected chi connectivity index (χ4v) is 4.00. The highest BCUT2D eigenvalue weighted by Gasteiger charge is 2.19. The first kappa shape index (κ1) is 22.4. The lowest BCUT2D eigenvalue weighted by atomic mass is 10.1. The molecule has 33 heavy (non-hydrogen) atoms. The summed E-state index contributed by atoms with van der Waals surface area (Å²) in [5.74, 6) is 0.400. The first-order valence-corrected chi connectivity index (χ1v) is 11.3. The Kier molecular flexibility index (Phi) is 7.23. The summed E-state index contributed by atoms with van der Waals surface area (Å²) in [4.78, 5) is 17.8. The van der Waals surface area contributed by atoms with Crippen LogP contribution in [0.3, 0.4) is 0 Å². The van der Waals surface area contributed by atoms with Gasteiger partial charge in [0, 0.05) is 37.3 Å². The Bertz CT molecular complexity index is 1150. The molecule has 6 heteroatoms. The summed E-state index contributed by atoms with van der Waals surface area (Å²) in [5, 5.41) is 12.3. The predicted octanol–water partition coefficient (Wildman–Crippen LogP) is 4.53. The van der Waals surface area contributed by atoms with Gasteiger partial charge in [0.2, 0.25) is 0 Å². The zero-order chi connectivity index (χ0) is 23.0. The number of piperazine rings is 1. The van der Waals surface area contributed by atoms with Gasteiger partial charge in [-0.1, -0.05) is 43.3 Å². The summed E-state index contributed by atoms with van der Waals surface area (Å²) >= 11 is 0. The zero-order valence-corrected chi connectivity index (χ0v) is 18.8. The van der Waals surface area contributed by atoms with Crippen LogP contribution in [0.4, 0.5) is 11.4 Å². The second-order valence-electron chi connectivity index (χ2n) is 7.98. The van der Waals surface area contributed by atoms with Gasteiger partial charge < -0.3 is 19.9 Å². The number of nitrogens with zero attached hydrogens (tertiary/aromatic N) is 3. The van der Waals surface area contributed by atoms with Crippen LogP contribution in [-0.4, -0.2) is 43.5 Å². The van der Waals surface area contributed by atoms with Gasteiger partial charge in [0.05, 0.1) is 23.0 Å². The molecule has 0 spiro atoms. The summed E-state index contributed by atoms with van der Waals surface area (Å²) < 4.78 is 5.87. The fourth-order valence-electron chi connectivity index (χ4n) is 4.00. The van der Waals surface area contributed by atoms with Crippen LogP contribution in [0.15, 0.2) is 72.8 Å². The third-order valence-corrected chi connectivity index (χ3v) is 5.94. The average molecular weight is 441 g/mol. The van der Waals surface area contributed by atoms with E-state index in [1.165, 1.54) is 0 Å². The molecule has 0 radical (unpaired) electrons. The van der Waals surface area contributed by atoms with Gasteiger partial charge in [-0.25, -0.2) is 0 Å². The Morgan fingerprint density at radius 2 is 1.76 bits per heavy atom. The highest BCUT2D eigenvalue weighted by Crippen LogP contribution is 2.27. The lowest BCUT2D eigenvalue weighted by Gasteiger charge is -2.36. The molecule has 1 aliphatic rings. The van der Waals surface area contributed by atoms with Crippen molar-refractivity contribution < 1.29 is 9.53 Å². The van der Waals surface area contributed by atoms with Gasteiger partial charge in [0.15, 0.2) is 0 Å². The number of ether oxygens (including phenoxy) is 1. The molecular formula is C27H28N4O2. The van der Waals surface area contributed by atoms with Crippen molar-refractivity contribution in [3.8, 4) is 11.8 Å². The van der Waals surface area contributed by atoms with Crippen LogP contribution in [0.25, 0.3) is 0 Å². The van der Waals surface area contributed by atoms with Gasteiger partial charge >= 0.3 is 0 Å². The smallest absolute Gasteiger partial charge is 0.255 e. The van der Waals surface area contributed by atoms with Gasteiger partial charge in [-0.3, -0.25) is 4.79 Å². The minimum absolute atomic E-state index is 0.183. The molecule has 168 valence electrons. The number of anilines is 2. The quantitative estimate of drug-likeness (QED) is 0.585. The Morgan fingerprint density at radius 3 is 2.55 bits per heavy atom. The lowest BCUT2D eigenvalue weighted by molar-refractivity contribution is 0.102. The molecule has 1 aliphatic heterocycles. The Labute approximate surface area is 195 Å². The molecule has 0 atom stereocenters. The van der Waals surface area contributed by atoms with Crippen LogP contribution < -0.4 is 15.0 Å². The molecule has 0 aliphatic carbocycles. The average Bonchev–Trinajstić information content (AvgIpc) is 2.88. The van der Waals surface area contributed by atoms with Crippen molar-refractivity contribution in [1.82, 2.24) is 4.90 Å². The molecule has 1 saturated heterocycles. The van der Waals surface area contributed by atoms with E-state index in [4.69, 9.17) is 4.74 Å². The SMILES string of the molecule is CCN1CCN(c2ccccc2NC(=O)c2cccc(OCc3ccccc3C#N)c2)CC1. The van der Waals surface area contributed by atoms with E-state index < -0.39 is 0 Å². The lowest BCUT2D eigenvalue weighted by Crippen LogP contribution is -2.46. The van der Waals surface area contributed by atoms with Crippen molar-refractivity contribution >= 4 is 17.3 Å². The molecule has 0 bridgehead atoms. The molecule has 0 saturated carbocycles. The Balaban J connectivity index is 1.44. The number of carbonyl (C=O) groups excluding carboxylic acids is 1. The van der Waals surface area contributed by atoms with Crippen LogP contribution in [0.5, 0.6) is 5.75 Å². The first-order valence-electron chi connectivity index (χ1n) is 11.3. The Hall–Kier alpha value is -3.82. The second-order valence-corrected chi connectivity index (χ2v) is 7.98. The minimum atomic E-state index is -0.183. The summed E-state index contributed by atoms with van der Waals surface area (Å²) in [7, 11) is 0. The molecule has 1 fully saturated rings. The number of benzene rings is 3. The van der Waals surface area contributed by atoms with Gasteiger partial charge in [-0.05, 0) is 42.9 Å². The van der Waals surface area contributed by atoms with Crippen LogP contribution in [0.2, 0.25) is 0 Å². The molecule has 3 aromatic carbocycles. The van der Waals surface area contributed by atoms with Crippen LogP contribution in [0.1, 0.15) is 28.4 Å². The highest BCUT2D eigenvalue weighted by molar-refractivity contribution is 6.06. The predicted molar refractivity (Wildman–Crippen MR) is 131 cm³/mol. The van der Waals surface area contributed by atoms with E-state index in [1.54, 1.807) is 24.3 Å². The minimum Gasteiger partial charge on any atom is -0.489 e. The number of carbonyl (C=O) groups is 1. The van der Waals surface area contributed by atoms with Gasteiger partial charge in [0.1, 0.15) is 12.4 Å². The first-order chi connectivity index (χ1) is 16.2. The van der Waals surface area contributed by atoms with E-state index in [-0.39, 0.29) is 12.5 Å². The molecule has 6 nitrogen and oxygen atoms in total. The molecule has 1 N–H and O–H groups in total. The van der Waals surface area contributed by atoms with E-state index in [1.807, 2.05) is 42.5 Å². The normalized spacial score (nSPS) is 13.9. The monoisotopic (exact) mass is 440 g/mol. The maximum Gasteiger partial charge on any atom is 0.255 e. The van der Waals surface area contributed by atoms with Crippen LogP contribution >= 0.6 is 0 Å². The number of hydrogen-bond acceptors (Lipinski definition) is 5. The zero-order valence-electron chi connectivity index (χ0n) is 18.8. The van der Waals surface area contributed by atoms with Gasteiger partial charge in [0.25, 0.3) is 5.91 Å². The highest BCUT2D eigenvalue weighted by atomic mass is 16.5. The van der Waals surface area contributed by atoms with E-state index in [0.717, 1.165) is 49.7 Å². The largest absolute Gasteiger partial charge is 0.489 e. The van der Waals surface area contributed by atoms with E-state index in [2.05, 4.69) is 34.2 Å². The van der Waals surface area contributed by atoms with Gasteiger partial charge in [-0.15, -0.1) is 0 Å². The van der Waals surface area contributed by atoms with E-state index in [9.17, 15) is 10.1 Å². The second kappa shape index (κ2) is 10.7. The summed E-state index contributed by atoms with van der Waals surface area (Å²) in [5.41, 5.74) is 3.77. The number of nitriles is 1. The van der Waals surface area contributed by atoms with Gasteiger partial charge in [-0.2, -0.15) is 5.26 Å². The Morgan fingerprint density at radius 1 is 1.00 bits per heavy atom. The molecule has 4 rings (SSSR count). The number of amides is 1. The molecule has 0 unspecified atom stereocenters. The number of rotatable bonds is 7. The van der Waals surface area contributed by atoms with Crippen molar-refractivity contribution in [1.29, 1.82) is 5.26 Å². The van der Waals surface area contributed by atoms with Crippen molar-refractivity contribution in [2.45, 2.75) is 13.5 Å². The van der Waals surface area contributed by atoms with Crippen molar-refractivity contribution in [2.24, 2.45) is 0 Å². The molecule has 1 heterocycles.